The van der Waals surface area contributed by atoms with Crippen molar-refractivity contribution in [3.8, 4) is 17.2 Å². The third-order valence-electron chi connectivity index (χ3n) is 8.27. The lowest BCUT2D eigenvalue weighted by atomic mass is 9.82. The van der Waals surface area contributed by atoms with Gasteiger partial charge >= 0.3 is 5.97 Å². The van der Waals surface area contributed by atoms with Gasteiger partial charge in [-0.2, -0.15) is 0 Å². The summed E-state index contributed by atoms with van der Waals surface area (Å²) < 4.78 is 22.3. The Bertz CT molecular complexity index is 1400. The van der Waals surface area contributed by atoms with E-state index in [9.17, 15) is 14.7 Å². The molecule has 3 atom stereocenters. The first-order chi connectivity index (χ1) is 20.9. The Morgan fingerprint density at radius 1 is 0.930 bits per heavy atom. The van der Waals surface area contributed by atoms with Crippen LogP contribution in [0.2, 0.25) is 0 Å². The number of nitrogens with one attached hydrogen (secondary N) is 1. The third-order valence-corrected chi connectivity index (χ3v) is 8.27. The van der Waals surface area contributed by atoms with Crippen molar-refractivity contribution in [1.29, 1.82) is 0 Å². The average molecular weight is 589 g/mol. The molecule has 3 aromatic rings. The second-order valence-electron chi connectivity index (χ2n) is 10.9. The summed E-state index contributed by atoms with van der Waals surface area (Å²) in [4.78, 5) is 28.6. The first kappa shape index (κ1) is 30.4. The number of carbonyl (C=O) groups excluding carboxylic acids is 1. The number of nitrogens with zero attached hydrogens (tertiary/aromatic N) is 1. The van der Waals surface area contributed by atoms with Gasteiger partial charge in [-0.3, -0.25) is 14.5 Å². The van der Waals surface area contributed by atoms with E-state index in [2.05, 4.69) is 19.2 Å². The van der Waals surface area contributed by atoms with E-state index in [-0.39, 0.29) is 18.4 Å². The van der Waals surface area contributed by atoms with Gasteiger partial charge in [0.1, 0.15) is 25.6 Å². The first-order valence-electron chi connectivity index (χ1n) is 14.9. The maximum atomic E-state index is 13.6. The second kappa shape index (κ2) is 13.9. The van der Waals surface area contributed by atoms with Gasteiger partial charge in [-0.15, -0.1) is 0 Å². The van der Waals surface area contributed by atoms with E-state index in [0.717, 1.165) is 40.8 Å². The van der Waals surface area contributed by atoms with Gasteiger partial charge in [-0.05, 0) is 59.4 Å². The Labute approximate surface area is 252 Å². The number of methoxy groups -OCH3 is 1. The van der Waals surface area contributed by atoms with Crippen LogP contribution in [0.4, 0.5) is 5.69 Å². The molecular weight excluding hydrogens is 548 g/mol. The highest BCUT2D eigenvalue weighted by Gasteiger charge is 2.48. The molecular formula is C34H40N2O7. The predicted octanol–water partition coefficient (Wildman–Crippen LogP) is 5.09. The number of fused-ring (bicyclic) bond motifs is 1. The molecule has 2 N–H and O–H groups in total. The second-order valence-corrected chi connectivity index (χ2v) is 10.9. The largest absolute Gasteiger partial charge is 0.491 e. The van der Waals surface area contributed by atoms with Gasteiger partial charge in [0.25, 0.3) is 0 Å². The molecule has 1 fully saturated rings. The van der Waals surface area contributed by atoms with Crippen LogP contribution in [0.5, 0.6) is 17.2 Å². The zero-order valence-electron chi connectivity index (χ0n) is 25.0. The topological polar surface area (TPSA) is 107 Å². The summed E-state index contributed by atoms with van der Waals surface area (Å²) >= 11 is 0. The van der Waals surface area contributed by atoms with E-state index in [1.165, 1.54) is 0 Å². The maximum absolute atomic E-state index is 13.6. The number of aryl methyl sites for hydroxylation is 2. The lowest BCUT2D eigenvalue weighted by molar-refractivity contribution is -0.143. The van der Waals surface area contributed by atoms with Crippen molar-refractivity contribution in [2.45, 2.75) is 38.6 Å². The van der Waals surface area contributed by atoms with Crippen LogP contribution in [-0.4, -0.2) is 68.5 Å². The van der Waals surface area contributed by atoms with Crippen molar-refractivity contribution in [3.05, 3.63) is 82.9 Å². The minimum atomic E-state index is -0.919. The van der Waals surface area contributed by atoms with E-state index in [0.29, 0.717) is 50.2 Å². The highest BCUT2D eigenvalue weighted by atomic mass is 16.6. The van der Waals surface area contributed by atoms with Crippen LogP contribution >= 0.6 is 0 Å². The molecule has 0 saturated carbocycles. The SMILES string of the molecule is CCc1cccc(CC)c1NC(=O)CN1C[C@H](c2ccc3c(c2)OCCO3)[C@@H](C(=O)O)[C@@H]1c1ccc(OCCOC)cc1. The Hall–Kier alpha value is -4.08. The summed E-state index contributed by atoms with van der Waals surface area (Å²) in [6.45, 7) is 6.36. The molecule has 2 heterocycles. The Balaban J connectivity index is 1.46. The number of carboxylic acids is 1. The lowest BCUT2D eigenvalue weighted by Gasteiger charge is -2.27. The predicted molar refractivity (Wildman–Crippen MR) is 163 cm³/mol. The Morgan fingerprint density at radius 2 is 1.60 bits per heavy atom. The fourth-order valence-corrected chi connectivity index (χ4v) is 6.19. The van der Waals surface area contributed by atoms with Crippen molar-refractivity contribution in [2.24, 2.45) is 5.92 Å². The van der Waals surface area contributed by atoms with Crippen LogP contribution in [-0.2, 0) is 27.2 Å². The highest BCUT2D eigenvalue weighted by molar-refractivity contribution is 5.94. The summed E-state index contributed by atoms with van der Waals surface area (Å²) in [7, 11) is 1.62. The number of aliphatic carboxylic acids is 1. The number of ether oxygens (including phenoxy) is 4. The number of rotatable bonds is 12. The normalized spacial score (nSPS) is 19.7. The van der Waals surface area contributed by atoms with Gasteiger partial charge in [0.15, 0.2) is 11.5 Å². The van der Waals surface area contributed by atoms with E-state index < -0.39 is 17.9 Å². The number of carboxylic acid groups (broad SMARTS) is 1. The van der Waals surface area contributed by atoms with Crippen LogP contribution < -0.4 is 19.5 Å². The molecule has 3 aromatic carbocycles. The molecule has 228 valence electrons. The maximum Gasteiger partial charge on any atom is 0.309 e. The van der Waals surface area contributed by atoms with E-state index in [4.69, 9.17) is 18.9 Å². The molecule has 0 bridgehead atoms. The molecule has 9 nitrogen and oxygen atoms in total. The van der Waals surface area contributed by atoms with Crippen molar-refractivity contribution >= 4 is 17.6 Å². The number of benzene rings is 3. The number of anilines is 1. The molecule has 2 aliphatic rings. The van der Waals surface area contributed by atoms with Crippen LogP contribution in [0.25, 0.3) is 0 Å². The molecule has 0 radical (unpaired) electrons. The number of hydrogen-bond donors (Lipinski definition) is 2. The van der Waals surface area contributed by atoms with Gasteiger partial charge in [0.2, 0.25) is 5.91 Å². The highest BCUT2D eigenvalue weighted by Crippen LogP contribution is 2.47. The summed E-state index contributed by atoms with van der Waals surface area (Å²) in [6, 6.07) is 18.6. The Kier molecular flexibility index (Phi) is 9.84. The van der Waals surface area contributed by atoms with Gasteiger partial charge in [0.05, 0.1) is 19.1 Å². The molecule has 5 rings (SSSR count). The van der Waals surface area contributed by atoms with Crippen molar-refractivity contribution < 1.29 is 33.6 Å². The van der Waals surface area contributed by atoms with E-state index >= 15 is 0 Å². The minimum absolute atomic E-state index is 0.0444. The smallest absolute Gasteiger partial charge is 0.309 e. The molecule has 0 aromatic heterocycles. The average Bonchev–Trinajstić information content (AvgIpc) is 3.40. The first-order valence-corrected chi connectivity index (χ1v) is 14.9. The van der Waals surface area contributed by atoms with E-state index in [1.54, 1.807) is 7.11 Å². The zero-order chi connectivity index (χ0) is 30.3. The summed E-state index contributed by atoms with van der Waals surface area (Å²) in [5.41, 5.74) is 4.65. The molecule has 43 heavy (non-hydrogen) atoms. The van der Waals surface area contributed by atoms with Crippen LogP contribution in [0.15, 0.2) is 60.7 Å². The van der Waals surface area contributed by atoms with Crippen LogP contribution in [0, 0.1) is 5.92 Å². The van der Waals surface area contributed by atoms with Crippen LogP contribution in [0.1, 0.15) is 48.1 Å². The molecule has 9 heteroatoms. The van der Waals surface area contributed by atoms with Crippen molar-refractivity contribution in [2.75, 3.05) is 51.9 Å². The molecule has 1 saturated heterocycles. The zero-order valence-corrected chi connectivity index (χ0v) is 25.0. The molecule has 2 aliphatic heterocycles. The standard InChI is InChI=1S/C34H40N2O7/c1-4-22-7-6-8-23(5-2)32(22)35-30(37)21-36-20-27(25-11-14-28-29(19-25)43-18-17-42-28)31(34(38)39)33(36)24-9-12-26(13-10-24)41-16-15-40-3/h6-14,19,27,31,33H,4-5,15-18,20-21H2,1-3H3,(H,35,37)(H,38,39)/t27-,31-,33+/m1/s1. The fourth-order valence-electron chi connectivity index (χ4n) is 6.19. The molecule has 0 aliphatic carbocycles. The van der Waals surface area contributed by atoms with Gasteiger partial charge in [0, 0.05) is 31.3 Å². The van der Waals surface area contributed by atoms with Crippen LogP contribution in [0.3, 0.4) is 0 Å². The van der Waals surface area contributed by atoms with Crippen molar-refractivity contribution in [1.82, 2.24) is 4.90 Å². The fraction of sp³-hybridized carbons (Fsp3) is 0.412. The van der Waals surface area contributed by atoms with Gasteiger partial charge in [-0.1, -0.05) is 50.2 Å². The monoisotopic (exact) mass is 588 g/mol. The lowest BCUT2D eigenvalue weighted by Crippen LogP contribution is -2.35. The third kappa shape index (κ3) is 6.78. The van der Waals surface area contributed by atoms with E-state index in [1.807, 2.05) is 65.6 Å². The summed E-state index contributed by atoms with van der Waals surface area (Å²) in [6.07, 6.45) is 1.59. The summed E-state index contributed by atoms with van der Waals surface area (Å²) in [5.74, 6) is -0.339. The number of hydrogen-bond acceptors (Lipinski definition) is 7. The number of likely N-dealkylation sites (tertiary alicyclic amines) is 1. The summed E-state index contributed by atoms with van der Waals surface area (Å²) in [5, 5.41) is 13.8. The molecule has 0 unspecified atom stereocenters. The molecule has 1 amide bonds. The minimum Gasteiger partial charge on any atom is -0.491 e. The number of para-hydroxylation sites is 1. The van der Waals surface area contributed by atoms with Gasteiger partial charge < -0.3 is 29.4 Å². The number of amides is 1. The quantitative estimate of drug-likeness (QED) is 0.282. The van der Waals surface area contributed by atoms with Crippen molar-refractivity contribution in [3.63, 3.8) is 0 Å². The van der Waals surface area contributed by atoms with Gasteiger partial charge in [-0.25, -0.2) is 0 Å². The Morgan fingerprint density at radius 3 is 2.26 bits per heavy atom. The number of carbonyl (C=O) groups is 2. The molecule has 0 spiro atoms.